The molecule has 2 saturated carbocycles. The third kappa shape index (κ3) is 3.48. The summed E-state index contributed by atoms with van der Waals surface area (Å²) in [6, 6.07) is 13.0. The van der Waals surface area contributed by atoms with Gasteiger partial charge in [0.1, 0.15) is 17.5 Å². The van der Waals surface area contributed by atoms with Gasteiger partial charge in [0.05, 0.1) is 35.0 Å². The first kappa shape index (κ1) is 19.8. The number of rotatable bonds is 3. The standard InChI is InChI=1S/C28H25FN6/c29-19-7-14(3-5-18(19)26-13-30-27(35-26)24-11-16-9-21(16)31-24)1-2-15-4-6-20-23(8-15)34-28(33-20)25-12-17-10-22(17)32-25/h3-8,13,16-17,21-22,24-25,31-32H,9-12H2,(H,30,35)(H,33,34)/t16-,17?,21-,22-,24+,25+/m1/s1. The number of halogens is 1. The van der Waals surface area contributed by atoms with Crippen molar-refractivity contribution in [2.45, 2.75) is 49.9 Å². The van der Waals surface area contributed by atoms with Gasteiger partial charge in [-0.15, -0.1) is 0 Å². The Morgan fingerprint density at radius 3 is 2.23 bits per heavy atom. The third-order valence-corrected chi connectivity index (χ3v) is 8.12. The zero-order valence-electron chi connectivity index (χ0n) is 19.1. The van der Waals surface area contributed by atoms with Crippen LogP contribution in [0.2, 0.25) is 0 Å². The van der Waals surface area contributed by atoms with E-state index in [1.807, 2.05) is 24.3 Å². The molecular weight excluding hydrogens is 439 g/mol. The maximum absolute atomic E-state index is 15.0. The third-order valence-electron chi connectivity index (χ3n) is 8.12. The van der Waals surface area contributed by atoms with E-state index in [1.54, 1.807) is 12.3 Å². The van der Waals surface area contributed by atoms with E-state index >= 15 is 0 Å². The second-order valence-electron chi connectivity index (χ2n) is 10.6. The molecule has 35 heavy (non-hydrogen) atoms. The molecule has 2 aromatic heterocycles. The van der Waals surface area contributed by atoms with Gasteiger partial charge in [0.15, 0.2) is 0 Å². The highest BCUT2D eigenvalue weighted by Gasteiger charge is 2.47. The topological polar surface area (TPSA) is 81.4 Å². The molecule has 0 bridgehead atoms. The van der Waals surface area contributed by atoms with E-state index in [0.29, 0.717) is 34.9 Å². The molecule has 174 valence electrons. The first-order chi connectivity index (χ1) is 17.2. The van der Waals surface area contributed by atoms with Gasteiger partial charge in [-0.05, 0) is 73.9 Å². The van der Waals surface area contributed by atoms with E-state index in [4.69, 9.17) is 4.98 Å². The number of benzene rings is 2. The van der Waals surface area contributed by atoms with Crippen molar-refractivity contribution in [3.63, 3.8) is 0 Å². The Kier molecular flexibility index (Phi) is 4.11. The molecule has 6 nitrogen and oxygen atoms in total. The molecule has 4 heterocycles. The molecule has 6 atom stereocenters. The zero-order chi connectivity index (χ0) is 23.1. The number of nitrogens with zero attached hydrogens (tertiary/aromatic N) is 2. The van der Waals surface area contributed by atoms with Crippen LogP contribution in [0, 0.1) is 29.5 Å². The van der Waals surface area contributed by atoms with Crippen LogP contribution in [-0.2, 0) is 0 Å². The number of aromatic amines is 2. The van der Waals surface area contributed by atoms with E-state index in [0.717, 1.165) is 52.9 Å². The van der Waals surface area contributed by atoms with Crippen molar-refractivity contribution in [1.82, 2.24) is 30.6 Å². The van der Waals surface area contributed by atoms with Crippen molar-refractivity contribution in [2.24, 2.45) is 11.8 Å². The van der Waals surface area contributed by atoms with E-state index in [9.17, 15) is 4.39 Å². The van der Waals surface area contributed by atoms with Crippen LogP contribution in [0.5, 0.6) is 0 Å². The fourth-order valence-corrected chi connectivity index (χ4v) is 5.94. The second-order valence-corrected chi connectivity index (χ2v) is 10.6. The van der Waals surface area contributed by atoms with Gasteiger partial charge >= 0.3 is 0 Å². The molecule has 0 amide bonds. The van der Waals surface area contributed by atoms with Crippen LogP contribution in [0.1, 0.15) is 60.5 Å². The Bertz CT molecular complexity index is 1520. The molecule has 8 rings (SSSR count). The monoisotopic (exact) mass is 464 g/mol. The van der Waals surface area contributed by atoms with Gasteiger partial charge in [-0.2, -0.15) is 0 Å². The number of fused-ring (bicyclic) bond motifs is 3. The molecular formula is C28H25FN6. The number of hydrogen-bond donors (Lipinski definition) is 4. The van der Waals surface area contributed by atoms with Crippen molar-refractivity contribution in [3.8, 4) is 23.1 Å². The highest BCUT2D eigenvalue weighted by atomic mass is 19.1. The lowest BCUT2D eigenvalue weighted by atomic mass is 10.1. The van der Waals surface area contributed by atoms with E-state index in [-0.39, 0.29) is 11.9 Å². The summed E-state index contributed by atoms with van der Waals surface area (Å²) in [6.07, 6.45) is 6.58. The predicted molar refractivity (Wildman–Crippen MR) is 131 cm³/mol. The zero-order valence-corrected chi connectivity index (χ0v) is 19.1. The summed E-state index contributed by atoms with van der Waals surface area (Å²) in [4.78, 5) is 16.0. The minimum absolute atomic E-state index is 0.254. The number of H-pyrrole nitrogens is 2. The first-order valence-electron chi connectivity index (χ1n) is 12.5. The molecule has 4 aliphatic rings. The van der Waals surface area contributed by atoms with E-state index in [1.165, 1.54) is 18.9 Å². The Morgan fingerprint density at radius 1 is 0.800 bits per heavy atom. The van der Waals surface area contributed by atoms with E-state index in [2.05, 4.69) is 37.4 Å². The summed E-state index contributed by atoms with van der Waals surface area (Å²) in [5.41, 5.74) is 4.67. The van der Waals surface area contributed by atoms with Gasteiger partial charge < -0.3 is 20.6 Å². The summed E-state index contributed by atoms with van der Waals surface area (Å²) in [5.74, 6) is 9.50. The summed E-state index contributed by atoms with van der Waals surface area (Å²) in [5, 5.41) is 7.22. The molecule has 2 saturated heterocycles. The molecule has 7 heteroatoms. The summed E-state index contributed by atoms with van der Waals surface area (Å²) in [7, 11) is 0. The smallest absolute Gasteiger partial charge is 0.133 e. The van der Waals surface area contributed by atoms with Gasteiger partial charge in [0.25, 0.3) is 0 Å². The largest absolute Gasteiger partial charge is 0.341 e. The van der Waals surface area contributed by atoms with Gasteiger partial charge in [0, 0.05) is 28.8 Å². The minimum Gasteiger partial charge on any atom is -0.341 e. The first-order valence-corrected chi connectivity index (χ1v) is 12.5. The van der Waals surface area contributed by atoms with Crippen LogP contribution in [0.4, 0.5) is 4.39 Å². The Labute approximate surface area is 202 Å². The molecule has 0 radical (unpaired) electrons. The summed E-state index contributed by atoms with van der Waals surface area (Å²) >= 11 is 0. The van der Waals surface area contributed by atoms with Crippen molar-refractivity contribution < 1.29 is 4.39 Å². The number of aromatic nitrogens is 4. The van der Waals surface area contributed by atoms with E-state index < -0.39 is 0 Å². The minimum atomic E-state index is -0.301. The maximum Gasteiger partial charge on any atom is 0.133 e. The SMILES string of the molecule is Fc1cc(C#Cc2ccc3nc([C@@H]4CC5C[C@H]5N4)[nH]c3c2)ccc1-c1cnc([C@@H]2C[C@H]3C[C@H]3N2)[nH]1. The van der Waals surface area contributed by atoms with Crippen molar-refractivity contribution in [1.29, 1.82) is 0 Å². The van der Waals surface area contributed by atoms with Gasteiger partial charge in [-0.25, -0.2) is 14.4 Å². The number of hydrogen-bond acceptors (Lipinski definition) is 4. The molecule has 2 aliphatic carbocycles. The van der Waals surface area contributed by atoms with Crippen molar-refractivity contribution in [3.05, 3.63) is 71.2 Å². The fraction of sp³-hybridized carbons (Fsp3) is 0.357. The fourth-order valence-electron chi connectivity index (χ4n) is 5.94. The molecule has 1 unspecified atom stereocenters. The van der Waals surface area contributed by atoms with Crippen LogP contribution >= 0.6 is 0 Å². The molecule has 4 fully saturated rings. The van der Waals surface area contributed by atoms with Gasteiger partial charge in [0.2, 0.25) is 0 Å². The Hall–Kier alpha value is -3.47. The number of nitrogens with one attached hydrogen (secondary N) is 4. The molecule has 4 N–H and O–H groups in total. The Morgan fingerprint density at radius 2 is 1.51 bits per heavy atom. The second kappa shape index (κ2) is 7.27. The van der Waals surface area contributed by atoms with Crippen LogP contribution in [0.15, 0.2) is 42.6 Å². The number of imidazole rings is 2. The average molecular weight is 465 g/mol. The lowest BCUT2D eigenvalue weighted by Gasteiger charge is -2.09. The molecule has 2 aliphatic heterocycles. The lowest BCUT2D eigenvalue weighted by molar-refractivity contribution is 0.543. The summed E-state index contributed by atoms with van der Waals surface area (Å²) < 4.78 is 15.0. The molecule has 4 aromatic rings. The lowest BCUT2D eigenvalue weighted by Crippen LogP contribution is -2.18. The average Bonchev–Trinajstić information content (AvgIpc) is 3.45. The predicted octanol–water partition coefficient (Wildman–Crippen LogP) is 4.34. The van der Waals surface area contributed by atoms with Crippen molar-refractivity contribution in [2.75, 3.05) is 0 Å². The van der Waals surface area contributed by atoms with Gasteiger partial charge in [-0.1, -0.05) is 11.8 Å². The van der Waals surface area contributed by atoms with Crippen molar-refractivity contribution >= 4 is 11.0 Å². The van der Waals surface area contributed by atoms with Gasteiger partial charge in [-0.3, -0.25) is 0 Å². The van der Waals surface area contributed by atoms with Crippen LogP contribution in [-0.4, -0.2) is 32.0 Å². The highest BCUT2D eigenvalue weighted by Crippen LogP contribution is 2.46. The Balaban J connectivity index is 1.01. The highest BCUT2D eigenvalue weighted by molar-refractivity contribution is 5.77. The number of piperidine rings is 2. The maximum atomic E-state index is 15.0. The van der Waals surface area contributed by atoms with Crippen LogP contribution in [0.3, 0.4) is 0 Å². The normalized spacial score (nSPS) is 30.1. The molecule has 2 aromatic carbocycles. The summed E-state index contributed by atoms with van der Waals surface area (Å²) in [6.45, 7) is 0. The quantitative estimate of drug-likeness (QED) is 0.340. The van der Waals surface area contributed by atoms with Crippen LogP contribution in [0.25, 0.3) is 22.3 Å². The molecule has 0 spiro atoms. The van der Waals surface area contributed by atoms with Crippen LogP contribution < -0.4 is 10.6 Å².